The highest BCUT2D eigenvalue weighted by molar-refractivity contribution is 5.60. The van der Waals surface area contributed by atoms with Gasteiger partial charge in [0.1, 0.15) is 0 Å². The van der Waals surface area contributed by atoms with E-state index in [2.05, 4.69) is 33.7 Å². The van der Waals surface area contributed by atoms with Gasteiger partial charge in [0, 0.05) is 5.56 Å². The van der Waals surface area contributed by atoms with E-state index in [-0.39, 0.29) is 6.54 Å². The van der Waals surface area contributed by atoms with Crippen LogP contribution in [-0.2, 0) is 6.54 Å². The van der Waals surface area contributed by atoms with Crippen molar-refractivity contribution >= 4 is 0 Å². The first kappa shape index (κ1) is 12.3. The first-order valence-electron chi connectivity index (χ1n) is 6.71. The molecule has 1 fully saturated rings. The summed E-state index contributed by atoms with van der Waals surface area (Å²) in [6.45, 7) is 2.42. The van der Waals surface area contributed by atoms with Crippen molar-refractivity contribution in [2.45, 2.75) is 25.3 Å². The van der Waals surface area contributed by atoms with E-state index in [4.69, 9.17) is 10.3 Å². The zero-order chi connectivity index (χ0) is 13.1. The third-order valence-corrected chi connectivity index (χ3v) is 3.62. The SMILES string of the molecule is NCc1nc(-c2ccccc2C2CCNCC2)no1. The Bertz CT molecular complexity index is 546. The molecule has 5 heteroatoms. The maximum atomic E-state index is 5.52. The highest BCUT2D eigenvalue weighted by Crippen LogP contribution is 2.32. The van der Waals surface area contributed by atoms with E-state index in [1.807, 2.05) is 6.07 Å². The third kappa shape index (κ3) is 2.52. The van der Waals surface area contributed by atoms with Crippen LogP contribution in [0.2, 0.25) is 0 Å². The fourth-order valence-electron chi connectivity index (χ4n) is 2.64. The van der Waals surface area contributed by atoms with Crippen LogP contribution in [0.5, 0.6) is 0 Å². The summed E-state index contributed by atoms with van der Waals surface area (Å²) >= 11 is 0. The van der Waals surface area contributed by atoms with E-state index in [1.165, 1.54) is 5.56 Å². The van der Waals surface area contributed by atoms with Crippen molar-refractivity contribution in [3.05, 3.63) is 35.7 Å². The molecule has 100 valence electrons. The molecule has 0 aliphatic carbocycles. The van der Waals surface area contributed by atoms with Gasteiger partial charge in [0.25, 0.3) is 0 Å². The van der Waals surface area contributed by atoms with Gasteiger partial charge in [-0.3, -0.25) is 0 Å². The number of rotatable bonds is 3. The second-order valence-electron chi connectivity index (χ2n) is 4.83. The lowest BCUT2D eigenvalue weighted by Gasteiger charge is -2.24. The Balaban J connectivity index is 1.96. The minimum Gasteiger partial charge on any atom is -0.338 e. The summed E-state index contributed by atoms with van der Waals surface area (Å²) in [5.74, 6) is 1.70. The van der Waals surface area contributed by atoms with E-state index in [1.54, 1.807) is 0 Å². The predicted molar refractivity (Wildman–Crippen MR) is 72.5 cm³/mol. The Morgan fingerprint density at radius 1 is 1.26 bits per heavy atom. The second kappa shape index (κ2) is 5.50. The second-order valence-corrected chi connectivity index (χ2v) is 4.83. The largest absolute Gasteiger partial charge is 0.338 e. The van der Waals surface area contributed by atoms with Crippen molar-refractivity contribution in [3.63, 3.8) is 0 Å². The molecule has 1 saturated heterocycles. The van der Waals surface area contributed by atoms with Crippen LogP contribution in [0.1, 0.15) is 30.2 Å². The molecular formula is C14H18N4O. The summed E-state index contributed by atoms with van der Waals surface area (Å²) in [6, 6.07) is 8.31. The number of benzene rings is 1. The van der Waals surface area contributed by atoms with Gasteiger partial charge in [-0.2, -0.15) is 4.98 Å². The monoisotopic (exact) mass is 258 g/mol. The van der Waals surface area contributed by atoms with Crippen molar-refractivity contribution in [1.82, 2.24) is 15.5 Å². The third-order valence-electron chi connectivity index (χ3n) is 3.62. The minimum atomic E-state index is 0.280. The number of hydrogen-bond acceptors (Lipinski definition) is 5. The zero-order valence-electron chi connectivity index (χ0n) is 10.8. The topological polar surface area (TPSA) is 77.0 Å². The van der Waals surface area contributed by atoms with Gasteiger partial charge < -0.3 is 15.6 Å². The van der Waals surface area contributed by atoms with Crippen LogP contribution in [0.15, 0.2) is 28.8 Å². The molecule has 19 heavy (non-hydrogen) atoms. The molecule has 3 rings (SSSR count). The Kier molecular flexibility index (Phi) is 3.57. The van der Waals surface area contributed by atoms with Crippen molar-refractivity contribution < 1.29 is 4.52 Å². The molecular weight excluding hydrogens is 240 g/mol. The number of hydrogen-bond donors (Lipinski definition) is 2. The minimum absolute atomic E-state index is 0.280. The first-order chi connectivity index (χ1) is 9.38. The van der Waals surface area contributed by atoms with E-state index < -0.39 is 0 Å². The average molecular weight is 258 g/mol. The first-order valence-corrected chi connectivity index (χ1v) is 6.71. The maximum Gasteiger partial charge on any atom is 0.240 e. The Morgan fingerprint density at radius 3 is 2.79 bits per heavy atom. The van der Waals surface area contributed by atoms with Crippen molar-refractivity contribution in [3.8, 4) is 11.4 Å². The van der Waals surface area contributed by atoms with Crippen LogP contribution in [0.25, 0.3) is 11.4 Å². The van der Waals surface area contributed by atoms with Crippen LogP contribution in [0.3, 0.4) is 0 Å². The summed E-state index contributed by atoms with van der Waals surface area (Å²) in [5, 5.41) is 7.42. The van der Waals surface area contributed by atoms with E-state index in [0.717, 1.165) is 31.5 Å². The predicted octanol–water partition coefficient (Wildman–Crippen LogP) is 1.66. The van der Waals surface area contributed by atoms with E-state index >= 15 is 0 Å². The van der Waals surface area contributed by atoms with Gasteiger partial charge in [0.2, 0.25) is 11.7 Å². The Morgan fingerprint density at radius 2 is 2.05 bits per heavy atom. The molecule has 1 aromatic heterocycles. The van der Waals surface area contributed by atoms with Gasteiger partial charge in [0.15, 0.2) is 0 Å². The van der Waals surface area contributed by atoms with Crippen molar-refractivity contribution in [2.24, 2.45) is 5.73 Å². The standard InChI is InChI=1S/C14H18N4O/c15-9-13-17-14(18-19-13)12-4-2-1-3-11(12)10-5-7-16-8-6-10/h1-4,10,16H,5-9,15H2. The van der Waals surface area contributed by atoms with Crippen LogP contribution < -0.4 is 11.1 Å². The Hall–Kier alpha value is -1.72. The molecule has 0 atom stereocenters. The molecule has 0 amide bonds. The van der Waals surface area contributed by atoms with E-state index in [9.17, 15) is 0 Å². The molecule has 1 aliphatic rings. The fourth-order valence-corrected chi connectivity index (χ4v) is 2.64. The lowest BCUT2D eigenvalue weighted by atomic mass is 9.87. The van der Waals surface area contributed by atoms with Crippen LogP contribution in [-0.4, -0.2) is 23.2 Å². The molecule has 3 N–H and O–H groups in total. The van der Waals surface area contributed by atoms with E-state index in [0.29, 0.717) is 17.6 Å². The number of nitrogens with one attached hydrogen (secondary N) is 1. The molecule has 0 unspecified atom stereocenters. The van der Waals surface area contributed by atoms with Crippen LogP contribution in [0.4, 0.5) is 0 Å². The molecule has 2 heterocycles. The summed E-state index contributed by atoms with van der Waals surface area (Å²) in [4.78, 5) is 4.34. The van der Waals surface area contributed by atoms with Gasteiger partial charge in [-0.05, 0) is 37.4 Å². The number of aromatic nitrogens is 2. The number of nitrogens with zero attached hydrogens (tertiary/aromatic N) is 2. The number of nitrogens with two attached hydrogens (primary N) is 1. The van der Waals surface area contributed by atoms with Gasteiger partial charge in [-0.15, -0.1) is 0 Å². The quantitative estimate of drug-likeness (QED) is 0.875. The molecule has 5 nitrogen and oxygen atoms in total. The summed E-state index contributed by atoms with van der Waals surface area (Å²) < 4.78 is 5.11. The van der Waals surface area contributed by atoms with Gasteiger partial charge in [-0.25, -0.2) is 0 Å². The lowest BCUT2D eigenvalue weighted by molar-refractivity contribution is 0.380. The smallest absolute Gasteiger partial charge is 0.240 e. The summed E-state index contributed by atoms with van der Waals surface area (Å²) in [7, 11) is 0. The zero-order valence-corrected chi connectivity index (χ0v) is 10.8. The molecule has 1 aliphatic heterocycles. The highest BCUT2D eigenvalue weighted by Gasteiger charge is 2.20. The molecule has 2 aromatic rings. The molecule has 0 radical (unpaired) electrons. The Labute approximate surface area is 112 Å². The lowest BCUT2D eigenvalue weighted by Crippen LogP contribution is -2.26. The van der Waals surface area contributed by atoms with Crippen LogP contribution >= 0.6 is 0 Å². The molecule has 0 bridgehead atoms. The number of piperidine rings is 1. The average Bonchev–Trinajstić information content (AvgIpc) is 2.97. The maximum absolute atomic E-state index is 5.52. The van der Waals surface area contributed by atoms with Crippen molar-refractivity contribution in [2.75, 3.05) is 13.1 Å². The highest BCUT2D eigenvalue weighted by atomic mass is 16.5. The van der Waals surface area contributed by atoms with Crippen molar-refractivity contribution in [1.29, 1.82) is 0 Å². The summed E-state index contributed by atoms with van der Waals surface area (Å²) in [6.07, 6.45) is 2.30. The fraction of sp³-hybridized carbons (Fsp3) is 0.429. The van der Waals surface area contributed by atoms with Crippen LogP contribution in [0, 0.1) is 0 Å². The van der Waals surface area contributed by atoms with Gasteiger partial charge in [-0.1, -0.05) is 29.4 Å². The van der Waals surface area contributed by atoms with Gasteiger partial charge >= 0.3 is 0 Å². The van der Waals surface area contributed by atoms with Gasteiger partial charge in [0.05, 0.1) is 6.54 Å². The normalized spacial score (nSPS) is 16.7. The molecule has 0 saturated carbocycles. The molecule has 1 aromatic carbocycles. The molecule has 0 spiro atoms. The summed E-state index contributed by atoms with van der Waals surface area (Å²) in [5.41, 5.74) is 7.90.